The fourth-order valence-electron chi connectivity index (χ4n) is 2.62. The van der Waals surface area contributed by atoms with Crippen molar-refractivity contribution in [2.24, 2.45) is 11.8 Å². The van der Waals surface area contributed by atoms with E-state index in [9.17, 15) is 9.59 Å². The van der Waals surface area contributed by atoms with Crippen LogP contribution < -0.4 is 10.6 Å². The number of hydrogen-bond donors (Lipinski definition) is 3. The Morgan fingerprint density at radius 2 is 1.90 bits per heavy atom. The number of hydrogen-bond acceptors (Lipinski definition) is 3. The molecule has 1 fully saturated rings. The van der Waals surface area contributed by atoms with Crippen LogP contribution in [0.15, 0.2) is 0 Å². The first kappa shape index (κ1) is 17.0. The molecule has 0 radical (unpaired) electrons. The molecule has 5 nitrogen and oxygen atoms in total. The van der Waals surface area contributed by atoms with E-state index in [0.717, 1.165) is 25.7 Å². The summed E-state index contributed by atoms with van der Waals surface area (Å²) in [5, 5.41) is 14.7. The van der Waals surface area contributed by atoms with Crippen LogP contribution in [0.3, 0.4) is 0 Å². The van der Waals surface area contributed by atoms with E-state index in [1.165, 1.54) is 0 Å². The van der Waals surface area contributed by atoms with E-state index < -0.39 is 0 Å². The van der Waals surface area contributed by atoms with Gasteiger partial charge in [0.25, 0.3) is 0 Å². The number of aliphatic hydroxyl groups excluding tert-OH is 1. The van der Waals surface area contributed by atoms with Crippen LogP contribution in [0, 0.1) is 11.8 Å². The zero-order chi connectivity index (χ0) is 15.0. The highest BCUT2D eigenvalue weighted by Crippen LogP contribution is 2.24. The number of nitrogens with one attached hydrogen (secondary N) is 2. The topological polar surface area (TPSA) is 78.4 Å². The molecule has 0 spiro atoms. The van der Waals surface area contributed by atoms with Crippen molar-refractivity contribution in [3.05, 3.63) is 0 Å². The molecule has 0 heterocycles. The molecule has 0 aromatic carbocycles. The van der Waals surface area contributed by atoms with Crippen molar-refractivity contribution < 1.29 is 14.7 Å². The number of aliphatic hydroxyl groups is 1. The summed E-state index contributed by atoms with van der Waals surface area (Å²) in [6, 6.07) is -0.00182. The first-order chi connectivity index (χ1) is 9.54. The third kappa shape index (κ3) is 5.90. The van der Waals surface area contributed by atoms with Gasteiger partial charge in [-0.25, -0.2) is 0 Å². The quantitative estimate of drug-likeness (QED) is 0.627. The average Bonchev–Trinajstić information content (AvgIpc) is 2.91. The lowest BCUT2D eigenvalue weighted by atomic mass is 10.0. The molecule has 2 amide bonds. The number of amides is 2. The monoisotopic (exact) mass is 284 g/mol. The van der Waals surface area contributed by atoms with Gasteiger partial charge in [-0.05, 0) is 25.2 Å². The van der Waals surface area contributed by atoms with Crippen LogP contribution in [0.25, 0.3) is 0 Å². The minimum absolute atomic E-state index is 0.00182. The van der Waals surface area contributed by atoms with Crippen molar-refractivity contribution in [2.75, 3.05) is 13.2 Å². The molecule has 0 saturated heterocycles. The highest BCUT2D eigenvalue weighted by molar-refractivity contribution is 5.80. The molecule has 1 unspecified atom stereocenters. The zero-order valence-electron chi connectivity index (χ0n) is 12.7. The lowest BCUT2D eigenvalue weighted by Crippen LogP contribution is -2.41. The van der Waals surface area contributed by atoms with Gasteiger partial charge in [-0.1, -0.05) is 26.7 Å². The Bertz CT molecular complexity index is 312. The minimum atomic E-state index is -0.0659. The number of rotatable bonds is 8. The highest BCUT2D eigenvalue weighted by Gasteiger charge is 2.22. The smallest absolute Gasteiger partial charge is 0.223 e. The third-order valence-corrected chi connectivity index (χ3v) is 3.97. The second-order valence-electron chi connectivity index (χ2n) is 5.95. The fraction of sp³-hybridized carbons (Fsp3) is 0.867. The van der Waals surface area contributed by atoms with Crippen molar-refractivity contribution in [1.82, 2.24) is 10.6 Å². The first-order valence-electron chi connectivity index (χ1n) is 7.72. The van der Waals surface area contributed by atoms with Crippen LogP contribution in [0.2, 0.25) is 0 Å². The lowest BCUT2D eigenvalue weighted by Gasteiger charge is -2.21. The van der Waals surface area contributed by atoms with Gasteiger partial charge in [0, 0.05) is 31.5 Å². The van der Waals surface area contributed by atoms with Crippen LogP contribution in [0.5, 0.6) is 0 Å². The molecule has 1 aliphatic rings. The predicted octanol–water partition coefficient (Wildman–Crippen LogP) is 1.21. The van der Waals surface area contributed by atoms with E-state index in [0.29, 0.717) is 25.3 Å². The van der Waals surface area contributed by atoms with Crippen LogP contribution in [0.1, 0.15) is 52.4 Å². The van der Waals surface area contributed by atoms with Crippen LogP contribution in [0.4, 0.5) is 0 Å². The van der Waals surface area contributed by atoms with Crippen molar-refractivity contribution in [3.8, 4) is 0 Å². The summed E-state index contributed by atoms with van der Waals surface area (Å²) in [6.45, 7) is 4.50. The zero-order valence-corrected chi connectivity index (χ0v) is 12.7. The van der Waals surface area contributed by atoms with E-state index in [4.69, 9.17) is 5.11 Å². The summed E-state index contributed by atoms with van der Waals surface area (Å²) in [7, 11) is 0. The summed E-state index contributed by atoms with van der Waals surface area (Å²) in [5.74, 6) is 0.463. The Kier molecular flexibility index (Phi) is 7.59. The molecule has 5 heteroatoms. The van der Waals surface area contributed by atoms with Gasteiger partial charge in [-0.3, -0.25) is 9.59 Å². The molecule has 0 aliphatic heterocycles. The largest absolute Gasteiger partial charge is 0.396 e. The van der Waals surface area contributed by atoms with Crippen LogP contribution >= 0.6 is 0 Å². The van der Waals surface area contributed by atoms with Crippen LogP contribution in [-0.4, -0.2) is 36.1 Å². The third-order valence-electron chi connectivity index (χ3n) is 3.97. The molecule has 1 rings (SSSR count). The Labute approximate surface area is 121 Å². The molecule has 1 saturated carbocycles. The van der Waals surface area contributed by atoms with E-state index in [1.54, 1.807) is 0 Å². The standard InChI is InChI=1S/C15H28N2O3/c1-11(2)13(8-10-18)17-14(19)7-9-16-15(20)12-5-3-4-6-12/h11-13,18H,3-10H2,1-2H3,(H,16,20)(H,17,19). The second kappa shape index (κ2) is 8.95. The molecule has 1 atom stereocenters. The summed E-state index contributed by atoms with van der Waals surface area (Å²) in [5.41, 5.74) is 0. The molecule has 20 heavy (non-hydrogen) atoms. The Morgan fingerprint density at radius 3 is 2.45 bits per heavy atom. The number of carbonyl (C=O) groups is 2. The lowest BCUT2D eigenvalue weighted by molar-refractivity contribution is -0.125. The van der Waals surface area contributed by atoms with Crippen molar-refractivity contribution in [2.45, 2.75) is 58.4 Å². The maximum absolute atomic E-state index is 11.8. The summed E-state index contributed by atoms with van der Waals surface area (Å²) >= 11 is 0. The molecular weight excluding hydrogens is 256 g/mol. The predicted molar refractivity (Wildman–Crippen MR) is 78.1 cm³/mol. The normalized spacial score (nSPS) is 17.2. The maximum atomic E-state index is 11.8. The van der Waals surface area contributed by atoms with Gasteiger partial charge in [0.1, 0.15) is 0 Å². The van der Waals surface area contributed by atoms with Gasteiger partial charge in [0.2, 0.25) is 11.8 Å². The van der Waals surface area contributed by atoms with Crippen molar-refractivity contribution >= 4 is 11.8 Å². The Hall–Kier alpha value is -1.10. The minimum Gasteiger partial charge on any atom is -0.396 e. The van der Waals surface area contributed by atoms with E-state index in [-0.39, 0.29) is 30.4 Å². The maximum Gasteiger partial charge on any atom is 0.223 e. The summed E-state index contributed by atoms with van der Waals surface area (Å²) in [4.78, 5) is 23.6. The first-order valence-corrected chi connectivity index (χ1v) is 7.72. The molecule has 116 valence electrons. The second-order valence-corrected chi connectivity index (χ2v) is 5.95. The van der Waals surface area contributed by atoms with Gasteiger partial charge in [0.15, 0.2) is 0 Å². The summed E-state index contributed by atoms with van der Waals surface area (Å²) < 4.78 is 0. The molecule has 0 aromatic heterocycles. The van der Waals surface area contributed by atoms with Gasteiger partial charge >= 0.3 is 0 Å². The Balaban J connectivity index is 2.20. The fourth-order valence-corrected chi connectivity index (χ4v) is 2.62. The van der Waals surface area contributed by atoms with Gasteiger partial charge in [-0.2, -0.15) is 0 Å². The van der Waals surface area contributed by atoms with Gasteiger partial charge in [0.05, 0.1) is 0 Å². The van der Waals surface area contributed by atoms with E-state index in [2.05, 4.69) is 10.6 Å². The number of carbonyl (C=O) groups excluding carboxylic acids is 2. The van der Waals surface area contributed by atoms with Crippen LogP contribution in [-0.2, 0) is 9.59 Å². The van der Waals surface area contributed by atoms with Gasteiger partial charge in [-0.15, -0.1) is 0 Å². The molecule has 0 bridgehead atoms. The Morgan fingerprint density at radius 1 is 1.25 bits per heavy atom. The molecule has 3 N–H and O–H groups in total. The molecular formula is C15H28N2O3. The summed E-state index contributed by atoms with van der Waals surface area (Å²) in [6.07, 6.45) is 5.09. The SMILES string of the molecule is CC(C)C(CCO)NC(=O)CCNC(=O)C1CCCC1. The van der Waals surface area contributed by atoms with Crippen molar-refractivity contribution in [3.63, 3.8) is 0 Å². The van der Waals surface area contributed by atoms with E-state index >= 15 is 0 Å². The average molecular weight is 284 g/mol. The van der Waals surface area contributed by atoms with Crippen molar-refractivity contribution in [1.29, 1.82) is 0 Å². The molecule has 0 aromatic rings. The highest BCUT2D eigenvalue weighted by atomic mass is 16.3. The van der Waals surface area contributed by atoms with E-state index in [1.807, 2.05) is 13.8 Å². The molecule has 1 aliphatic carbocycles. The van der Waals surface area contributed by atoms with Gasteiger partial charge < -0.3 is 15.7 Å².